The molecule has 0 radical (unpaired) electrons. The van der Waals surface area contributed by atoms with Gasteiger partial charge in [-0.1, -0.05) is 46.0 Å². The van der Waals surface area contributed by atoms with Crippen LogP contribution in [0.15, 0.2) is 51.9 Å². The Morgan fingerprint density at radius 3 is 2.59 bits per heavy atom. The van der Waals surface area contributed by atoms with Gasteiger partial charge in [-0.15, -0.1) is 0 Å². The Morgan fingerprint density at radius 1 is 1.12 bits per heavy atom. The highest BCUT2D eigenvalue weighted by molar-refractivity contribution is 9.08. The molecule has 2 rings (SSSR count). The minimum atomic E-state index is -0.117. The summed E-state index contributed by atoms with van der Waals surface area (Å²) >= 11 is 3.27. The molecule has 0 fully saturated rings. The lowest BCUT2D eigenvalue weighted by Gasteiger charge is -1.96. The van der Waals surface area contributed by atoms with Crippen LogP contribution in [0.5, 0.6) is 0 Å². The third kappa shape index (κ3) is 2.86. The number of rotatable bonds is 1. The highest BCUT2D eigenvalue weighted by Gasteiger charge is 2.04. The minimum Gasteiger partial charge on any atom is -0.467 e. The molecule has 0 saturated heterocycles. The summed E-state index contributed by atoms with van der Waals surface area (Å²) in [5.74, 6) is 6.36. The Kier molecular flexibility index (Phi) is 3.79. The molecule has 0 aliphatic rings. The van der Waals surface area contributed by atoms with Crippen molar-refractivity contribution in [3.05, 3.63) is 69.8 Å². The summed E-state index contributed by atoms with van der Waals surface area (Å²) in [6.45, 7) is 0. The molecule has 2 aromatic rings. The van der Waals surface area contributed by atoms with E-state index in [9.17, 15) is 4.79 Å². The van der Waals surface area contributed by atoms with E-state index in [2.05, 4.69) is 27.8 Å². The van der Waals surface area contributed by atoms with Crippen molar-refractivity contribution in [3.8, 4) is 11.8 Å². The summed E-state index contributed by atoms with van der Waals surface area (Å²) in [6.07, 6.45) is 1.38. The minimum absolute atomic E-state index is 0.117. The highest BCUT2D eigenvalue weighted by Crippen LogP contribution is 2.07. The lowest BCUT2D eigenvalue weighted by molar-refractivity contribution is 0.510. The predicted molar refractivity (Wildman–Crippen MR) is 70.0 cm³/mol. The molecule has 1 aromatic heterocycles. The monoisotopic (exact) mass is 288 g/mol. The number of hydrogen-bond donors (Lipinski definition) is 0. The van der Waals surface area contributed by atoms with Gasteiger partial charge in [0.25, 0.3) is 0 Å². The molecule has 0 bridgehead atoms. The smallest absolute Gasteiger partial charge is 0.200 e. The van der Waals surface area contributed by atoms with E-state index in [-0.39, 0.29) is 5.43 Å². The van der Waals surface area contributed by atoms with Crippen LogP contribution in [0.4, 0.5) is 0 Å². The van der Waals surface area contributed by atoms with Gasteiger partial charge in [-0.05, 0) is 12.1 Å². The van der Waals surface area contributed by atoms with Gasteiger partial charge in [0.1, 0.15) is 11.3 Å². The fourth-order valence-electron chi connectivity index (χ4n) is 1.34. The maximum Gasteiger partial charge on any atom is 0.200 e. The number of benzene rings is 1. The van der Waals surface area contributed by atoms with Crippen LogP contribution >= 0.6 is 15.9 Å². The molecular weight excluding hydrogens is 280 g/mol. The second-order valence-corrected chi connectivity index (χ2v) is 3.89. The van der Waals surface area contributed by atoms with Crippen molar-refractivity contribution in [1.82, 2.24) is 0 Å². The number of hydrogen-bond acceptors (Lipinski definition) is 2. The molecular formula is C14H9BrO2. The summed E-state index contributed by atoms with van der Waals surface area (Å²) in [6, 6.07) is 10.9. The Bertz CT molecular complexity index is 618. The highest BCUT2D eigenvalue weighted by atomic mass is 79.9. The van der Waals surface area contributed by atoms with Gasteiger partial charge in [0.15, 0.2) is 0 Å². The van der Waals surface area contributed by atoms with Gasteiger partial charge in [0.05, 0.1) is 11.6 Å². The molecule has 84 valence electrons. The van der Waals surface area contributed by atoms with E-state index >= 15 is 0 Å². The summed E-state index contributed by atoms with van der Waals surface area (Å²) in [5, 5.41) is 0.474. The van der Waals surface area contributed by atoms with Crippen LogP contribution in [0.25, 0.3) is 0 Å². The van der Waals surface area contributed by atoms with Crippen molar-refractivity contribution in [3.63, 3.8) is 0 Å². The fourth-order valence-corrected chi connectivity index (χ4v) is 1.76. The molecule has 0 aliphatic heterocycles. The van der Waals surface area contributed by atoms with Crippen LogP contribution in [0, 0.1) is 11.8 Å². The molecule has 17 heavy (non-hydrogen) atoms. The molecule has 2 nitrogen and oxygen atoms in total. The van der Waals surface area contributed by atoms with E-state index in [1.165, 1.54) is 12.3 Å². The SMILES string of the molecule is O=c1ccoc(CBr)c1C#Cc1ccccc1. The molecule has 0 saturated carbocycles. The van der Waals surface area contributed by atoms with Crippen LogP contribution in [0.3, 0.4) is 0 Å². The zero-order valence-corrected chi connectivity index (χ0v) is 10.5. The predicted octanol–water partition coefficient (Wildman–Crippen LogP) is 2.93. The Labute approximate surface area is 107 Å². The first-order chi connectivity index (χ1) is 8.31. The van der Waals surface area contributed by atoms with E-state index in [0.717, 1.165) is 5.56 Å². The molecule has 0 N–H and O–H groups in total. The Morgan fingerprint density at radius 2 is 1.88 bits per heavy atom. The molecule has 0 aliphatic carbocycles. The lowest BCUT2D eigenvalue weighted by Crippen LogP contribution is -2.06. The largest absolute Gasteiger partial charge is 0.467 e. The van der Waals surface area contributed by atoms with Crippen molar-refractivity contribution in [2.24, 2.45) is 0 Å². The third-order valence-electron chi connectivity index (χ3n) is 2.18. The third-order valence-corrected chi connectivity index (χ3v) is 2.69. The second kappa shape index (κ2) is 5.51. The van der Waals surface area contributed by atoms with E-state index in [1.807, 2.05) is 30.3 Å². The van der Waals surface area contributed by atoms with Crippen LogP contribution in [-0.2, 0) is 5.33 Å². The van der Waals surface area contributed by atoms with Crippen molar-refractivity contribution >= 4 is 15.9 Å². The van der Waals surface area contributed by atoms with E-state index in [4.69, 9.17) is 4.42 Å². The van der Waals surface area contributed by atoms with Crippen LogP contribution in [0.1, 0.15) is 16.9 Å². The van der Waals surface area contributed by atoms with E-state index in [0.29, 0.717) is 16.7 Å². The van der Waals surface area contributed by atoms with Crippen molar-refractivity contribution in [2.75, 3.05) is 0 Å². The number of alkyl halides is 1. The standard InChI is InChI=1S/C14H9BrO2/c15-10-14-12(13(16)8-9-17-14)7-6-11-4-2-1-3-5-11/h1-5,8-9H,10H2. The molecule has 0 unspecified atom stereocenters. The topological polar surface area (TPSA) is 30.2 Å². The van der Waals surface area contributed by atoms with Gasteiger partial charge >= 0.3 is 0 Å². The van der Waals surface area contributed by atoms with Gasteiger partial charge in [-0.25, -0.2) is 0 Å². The van der Waals surface area contributed by atoms with Crippen LogP contribution in [-0.4, -0.2) is 0 Å². The molecule has 0 atom stereocenters. The van der Waals surface area contributed by atoms with E-state index in [1.54, 1.807) is 0 Å². The van der Waals surface area contributed by atoms with Gasteiger partial charge in [0, 0.05) is 11.6 Å². The maximum absolute atomic E-state index is 11.6. The van der Waals surface area contributed by atoms with Crippen LogP contribution < -0.4 is 5.43 Å². The first-order valence-electron chi connectivity index (χ1n) is 5.05. The molecule has 1 aromatic carbocycles. The molecule has 0 amide bonds. The zero-order chi connectivity index (χ0) is 12.1. The van der Waals surface area contributed by atoms with E-state index < -0.39 is 0 Å². The van der Waals surface area contributed by atoms with Gasteiger partial charge in [-0.2, -0.15) is 0 Å². The van der Waals surface area contributed by atoms with Crippen molar-refractivity contribution < 1.29 is 4.42 Å². The summed E-state index contributed by atoms with van der Waals surface area (Å²) < 4.78 is 5.23. The second-order valence-electron chi connectivity index (χ2n) is 3.33. The van der Waals surface area contributed by atoms with Crippen LogP contribution in [0.2, 0.25) is 0 Å². The normalized spacial score (nSPS) is 9.47. The summed E-state index contributed by atoms with van der Waals surface area (Å²) in [4.78, 5) is 11.6. The fraction of sp³-hybridized carbons (Fsp3) is 0.0714. The maximum atomic E-state index is 11.6. The molecule has 1 heterocycles. The van der Waals surface area contributed by atoms with Gasteiger partial charge in [-0.3, -0.25) is 4.79 Å². The summed E-state index contributed by atoms with van der Waals surface area (Å²) in [7, 11) is 0. The Balaban J connectivity index is 2.44. The quantitative estimate of drug-likeness (QED) is 0.597. The van der Waals surface area contributed by atoms with Gasteiger partial charge in [0.2, 0.25) is 5.43 Å². The lowest BCUT2D eigenvalue weighted by atomic mass is 10.2. The first kappa shape index (κ1) is 11.7. The average molecular weight is 289 g/mol. The summed E-state index contributed by atoms with van der Waals surface area (Å²) in [5.41, 5.74) is 1.17. The average Bonchev–Trinajstić information content (AvgIpc) is 2.38. The van der Waals surface area contributed by atoms with Crippen molar-refractivity contribution in [1.29, 1.82) is 0 Å². The molecule has 0 spiro atoms. The Hall–Kier alpha value is -1.79. The first-order valence-corrected chi connectivity index (χ1v) is 6.17. The van der Waals surface area contributed by atoms with Crippen molar-refractivity contribution in [2.45, 2.75) is 5.33 Å². The number of halogens is 1. The zero-order valence-electron chi connectivity index (χ0n) is 8.94. The van der Waals surface area contributed by atoms with Gasteiger partial charge < -0.3 is 4.42 Å². The molecule has 3 heteroatoms.